The number of ether oxygens (including phenoxy) is 2. The fraction of sp³-hybridized carbons (Fsp3) is 0.286. The minimum absolute atomic E-state index is 0.175. The van der Waals surface area contributed by atoms with Gasteiger partial charge in [0.25, 0.3) is 0 Å². The molecule has 5 nitrogen and oxygen atoms in total. The third-order valence-electron chi connectivity index (χ3n) is 2.64. The maximum atomic E-state index is 11.3. The Morgan fingerprint density at radius 3 is 2.95 bits per heavy atom. The first-order valence-corrected chi connectivity index (χ1v) is 5.89. The molecular formula is C14H15NO4. The van der Waals surface area contributed by atoms with Crippen LogP contribution in [0.3, 0.4) is 0 Å². The van der Waals surface area contributed by atoms with Gasteiger partial charge in [-0.1, -0.05) is 6.07 Å². The molecule has 0 saturated heterocycles. The van der Waals surface area contributed by atoms with Gasteiger partial charge in [0.1, 0.15) is 11.9 Å². The van der Waals surface area contributed by atoms with Crippen LogP contribution in [0.2, 0.25) is 0 Å². The van der Waals surface area contributed by atoms with Gasteiger partial charge in [0, 0.05) is 12.4 Å². The summed E-state index contributed by atoms with van der Waals surface area (Å²) in [5.41, 5.74) is 0.981. The van der Waals surface area contributed by atoms with Crippen LogP contribution in [0.4, 0.5) is 0 Å². The van der Waals surface area contributed by atoms with E-state index in [2.05, 4.69) is 9.72 Å². The van der Waals surface area contributed by atoms with E-state index in [1.807, 2.05) is 19.1 Å². The molecule has 19 heavy (non-hydrogen) atoms. The monoisotopic (exact) mass is 261 g/mol. The lowest BCUT2D eigenvalue weighted by Crippen LogP contribution is -2.01. The molecule has 0 bridgehead atoms. The summed E-state index contributed by atoms with van der Waals surface area (Å²) in [5.74, 6) is 0.268. The quantitative estimate of drug-likeness (QED) is 0.774. The van der Waals surface area contributed by atoms with Crippen molar-refractivity contribution in [1.82, 2.24) is 4.98 Å². The standard InChI is InChI=1S/C14H15NO4/c1-10(18-9-11-4-3-7-15-8-11)12-5-6-13(19-12)14(16)17-2/h3-8,10H,9H2,1-2H3. The fourth-order valence-electron chi connectivity index (χ4n) is 1.57. The smallest absolute Gasteiger partial charge is 0.373 e. The molecule has 0 spiro atoms. The highest BCUT2D eigenvalue weighted by molar-refractivity contribution is 5.86. The molecule has 0 aliphatic carbocycles. The van der Waals surface area contributed by atoms with Gasteiger partial charge in [0.2, 0.25) is 5.76 Å². The zero-order chi connectivity index (χ0) is 13.7. The molecule has 2 aromatic heterocycles. The number of carbonyl (C=O) groups excluding carboxylic acids is 1. The average Bonchev–Trinajstić information content (AvgIpc) is 2.95. The number of esters is 1. The van der Waals surface area contributed by atoms with Gasteiger partial charge in [-0.15, -0.1) is 0 Å². The van der Waals surface area contributed by atoms with E-state index >= 15 is 0 Å². The summed E-state index contributed by atoms with van der Waals surface area (Å²) in [5, 5.41) is 0. The molecule has 1 atom stereocenters. The first-order valence-electron chi connectivity index (χ1n) is 5.89. The predicted octanol–water partition coefficient (Wildman–Crippen LogP) is 2.74. The van der Waals surface area contributed by atoms with Crippen LogP contribution in [0.25, 0.3) is 0 Å². The highest BCUT2D eigenvalue weighted by Crippen LogP contribution is 2.21. The number of rotatable bonds is 5. The van der Waals surface area contributed by atoms with Crippen molar-refractivity contribution in [3.05, 3.63) is 53.7 Å². The van der Waals surface area contributed by atoms with E-state index in [4.69, 9.17) is 9.15 Å². The molecule has 0 radical (unpaired) electrons. The van der Waals surface area contributed by atoms with Crippen molar-refractivity contribution in [2.45, 2.75) is 19.6 Å². The molecule has 0 amide bonds. The summed E-state index contributed by atoms with van der Waals surface area (Å²) >= 11 is 0. The van der Waals surface area contributed by atoms with Gasteiger partial charge in [-0.3, -0.25) is 4.98 Å². The predicted molar refractivity (Wildman–Crippen MR) is 67.5 cm³/mol. The molecule has 0 N–H and O–H groups in total. The first kappa shape index (κ1) is 13.3. The molecule has 0 fully saturated rings. The maximum Gasteiger partial charge on any atom is 0.373 e. The molecule has 1 unspecified atom stereocenters. The van der Waals surface area contributed by atoms with E-state index in [1.165, 1.54) is 7.11 Å². The lowest BCUT2D eigenvalue weighted by atomic mass is 10.3. The SMILES string of the molecule is COC(=O)c1ccc(C(C)OCc2cccnc2)o1. The first-order chi connectivity index (χ1) is 9.20. The van der Waals surface area contributed by atoms with Crippen LogP contribution in [0.1, 0.15) is 34.9 Å². The Hall–Kier alpha value is -2.14. The van der Waals surface area contributed by atoms with Crippen LogP contribution in [0, 0.1) is 0 Å². The fourth-order valence-corrected chi connectivity index (χ4v) is 1.57. The second kappa shape index (κ2) is 6.15. The molecule has 2 heterocycles. The van der Waals surface area contributed by atoms with E-state index in [9.17, 15) is 4.79 Å². The normalized spacial score (nSPS) is 12.1. The van der Waals surface area contributed by atoms with E-state index in [0.29, 0.717) is 12.4 Å². The average molecular weight is 261 g/mol. The third kappa shape index (κ3) is 3.42. The minimum Gasteiger partial charge on any atom is -0.463 e. The Morgan fingerprint density at radius 2 is 2.26 bits per heavy atom. The van der Waals surface area contributed by atoms with Crippen molar-refractivity contribution in [3.63, 3.8) is 0 Å². The van der Waals surface area contributed by atoms with E-state index in [1.54, 1.807) is 24.5 Å². The molecular weight excluding hydrogens is 246 g/mol. The Balaban J connectivity index is 1.94. The Labute approximate surface area is 111 Å². The Bertz CT molecular complexity index is 535. The number of hydrogen-bond donors (Lipinski definition) is 0. The van der Waals surface area contributed by atoms with Gasteiger partial charge in [0.15, 0.2) is 0 Å². The van der Waals surface area contributed by atoms with Crippen LogP contribution in [0.15, 0.2) is 41.1 Å². The summed E-state index contributed by atoms with van der Waals surface area (Å²) in [6.45, 7) is 2.29. The van der Waals surface area contributed by atoms with E-state index in [0.717, 1.165) is 5.56 Å². The molecule has 5 heteroatoms. The second-order valence-corrected chi connectivity index (χ2v) is 4.01. The summed E-state index contributed by atoms with van der Waals surface area (Å²) in [7, 11) is 1.31. The molecule has 2 rings (SSSR count). The number of carbonyl (C=O) groups is 1. The molecule has 0 aromatic carbocycles. The largest absolute Gasteiger partial charge is 0.463 e. The van der Waals surface area contributed by atoms with Gasteiger partial charge in [-0.25, -0.2) is 4.79 Å². The topological polar surface area (TPSA) is 61.6 Å². The van der Waals surface area contributed by atoms with Crippen molar-refractivity contribution in [1.29, 1.82) is 0 Å². The highest BCUT2D eigenvalue weighted by Gasteiger charge is 2.15. The van der Waals surface area contributed by atoms with E-state index in [-0.39, 0.29) is 11.9 Å². The van der Waals surface area contributed by atoms with Crippen molar-refractivity contribution in [3.8, 4) is 0 Å². The molecule has 100 valence electrons. The third-order valence-corrected chi connectivity index (χ3v) is 2.64. The second-order valence-electron chi connectivity index (χ2n) is 4.01. The van der Waals surface area contributed by atoms with Crippen LogP contribution >= 0.6 is 0 Å². The number of aromatic nitrogens is 1. The van der Waals surface area contributed by atoms with Gasteiger partial charge < -0.3 is 13.9 Å². The van der Waals surface area contributed by atoms with Gasteiger partial charge in [-0.05, 0) is 30.7 Å². The zero-order valence-electron chi connectivity index (χ0n) is 10.8. The van der Waals surface area contributed by atoms with Crippen LogP contribution in [0.5, 0.6) is 0 Å². The maximum absolute atomic E-state index is 11.3. The number of nitrogens with zero attached hydrogens (tertiary/aromatic N) is 1. The number of pyridine rings is 1. The summed E-state index contributed by atoms with van der Waals surface area (Å²) in [6.07, 6.45) is 3.20. The molecule has 0 saturated carbocycles. The van der Waals surface area contributed by atoms with Crippen molar-refractivity contribution in [2.75, 3.05) is 7.11 Å². The summed E-state index contributed by atoms with van der Waals surface area (Å²) in [6, 6.07) is 7.07. The van der Waals surface area contributed by atoms with Crippen molar-refractivity contribution in [2.24, 2.45) is 0 Å². The lowest BCUT2D eigenvalue weighted by Gasteiger charge is -2.10. The summed E-state index contributed by atoms with van der Waals surface area (Å²) in [4.78, 5) is 15.3. The van der Waals surface area contributed by atoms with Gasteiger partial charge >= 0.3 is 5.97 Å². The van der Waals surface area contributed by atoms with E-state index < -0.39 is 5.97 Å². The van der Waals surface area contributed by atoms with Gasteiger partial charge in [0.05, 0.1) is 13.7 Å². The van der Waals surface area contributed by atoms with Crippen LogP contribution < -0.4 is 0 Å². The number of methoxy groups -OCH3 is 1. The molecule has 0 aliphatic heterocycles. The van der Waals surface area contributed by atoms with Crippen molar-refractivity contribution >= 4 is 5.97 Å². The van der Waals surface area contributed by atoms with Crippen LogP contribution in [-0.4, -0.2) is 18.1 Å². The molecule has 0 aliphatic rings. The zero-order valence-corrected chi connectivity index (χ0v) is 10.8. The van der Waals surface area contributed by atoms with Crippen LogP contribution in [-0.2, 0) is 16.1 Å². The molecule has 2 aromatic rings. The highest BCUT2D eigenvalue weighted by atomic mass is 16.5. The summed E-state index contributed by atoms with van der Waals surface area (Å²) < 4.78 is 15.6. The van der Waals surface area contributed by atoms with Gasteiger partial charge in [-0.2, -0.15) is 0 Å². The number of furan rings is 1. The number of hydrogen-bond acceptors (Lipinski definition) is 5. The van der Waals surface area contributed by atoms with Crippen molar-refractivity contribution < 1.29 is 18.7 Å². The Kier molecular flexibility index (Phi) is 4.30. The Morgan fingerprint density at radius 1 is 1.42 bits per heavy atom. The minimum atomic E-state index is -0.495. The lowest BCUT2D eigenvalue weighted by molar-refractivity contribution is 0.0349.